The maximum absolute atomic E-state index is 12.1. The Bertz CT molecular complexity index is 371. The highest BCUT2D eigenvalue weighted by atomic mass is 35.5. The number of ether oxygens (including phenoxy) is 1. The Balaban J connectivity index is 2.37. The van der Waals surface area contributed by atoms with Gasteiger partial charge in [0, 0.05) is 0 Å². The highest BCUT2D eigenvalue weighted by Gasteiger charge is 2.37. The third-order valence-corrected chi connectivity index (χ3v) is 1.81. The maximum atomic E-state index is 12.1. The zero-order valence-corrected chi connectivity index (χ0v) is 8.95. The van der Waals surface area contributed by atoms with Crippen molar-refractivity contribution in [2.24, 2.45) is 0 Å². The summed E-state index contributed by atoms with van der Waals surface area (Å²) in [7, 11) is 0. The Morgan fingerprint density at radius 3 is 2.56 bits per heavy atom. The van der Waals surface area contributed by atoms with Crippen LogP contribution in [0.25, 0.3) is 6.08 Å². The van der Waals surface area contributed by atoms with Gasteiger partial charge in [-0.1, -0.05) is 36.4 Å². The van der Waals surface area contributed by atoms with E-state index in [0.29, 0.717) is 0 Å². The highest BCUT2D eigenvalue weighted by molar-refractivity contribution is 6.31. The molecule has 1 aromatic carbocycles. The maximum Gasteiger partial charge on any atom is 0.417 e. The van der Waals surface area contributed by atoms with E-state index in [-0.39, 0.29) is 6.61 Å². The molecule has 0 aliphatic rings. The van der Waals surface area contributed by atoms with E-state index in [2.05, 4.69) is 16.3 Å². The van der Waals surface area contributed by atoms with Crippen LogP contribution in [0.1, 0.15) is 5.56 Å². The first kappa shape index (κ1) is 12.6. The summed E-state index contributed by atoms with van der Waals surface area (Å²) in [5.74, 6) is -1.74. The summed E-state index contributed by atoms with van der Waals surface area (Å²) in [5, 5.41) is -3.96. The van der Waals surface area contributed by atoms with Crippen molar-refractivity contribution >= 4 is 23.6 Å². The SMILES string of the molecule is O=C(OC/C=C/c1ccccc1)C(F)(F)Cl. The van der Waals surface area contributed by atoms with Crippen LogP contribution < -0.4 is 0 Å². The number of carbonyl (C=O) groups is 1. The van der Waals surface area contributed by atoms with Gasteiger partial charge in [0.1, 0.15) is 6.61 Å². The van der Waals surface area contributed by atoms with Crippen LogP contribution in [-0.2, 0) is 9.53 Å². The second-order valence-corrected chi connectivity index (χ2v) is 3.38. The summed E-state index contributed by atoms with van der Waals surface area (Å²) in [6.45, 7) is -0.240. The molecule has 0 atom stereocenters. The van der Waals surface area contributed by atoms with Crippen LogP contribution in [0, 0.1) is 0 Å². The number of hydrogen-bond donors (Lipinski definition) is 0. The number of rotatable bonds is 4. The minimum atomic E-state index is -3.96. The Morgan fingerprint density at radius 1 is 1.38 bits per heavy atom. The predicted molar refractivity (Wildman–Crippen MR) is 57.2 cm³/mol. The van der Waals surface area contributed by atoms with Crippen LogP contribution in [0.2, 0.25) is 0 Å². The minimum absolute atomic E-state index is 0.240. The van der Waals surface area contributed by atoms with Crippen LogP contribution in [0.3, 0.4) is 0 Å². The van der Waals surface area contributed by atoms with Gasteiger partial charge in [-0.25, -0.2) is 4.79 Å². The van der Waals surface area contributed by atoms with Crippen LogP contribution >= 0.6 is 11.6 Å². The normalized spacial score (nSPS) is 11.7. The van der Waals surface area contributed by atoms with Gasteiger partial charge in [-0.3, -0.25) is 0 Å². The van der Waals surface area contributed by atoms with Gasteiger partial charge in [-0.2, -0.15) is 8.78 Å². The summed E-state index contributed by atoms with van der Waals surface area (Å²) < 4.78 is 28.5. The fraction of sp³-hybridized carbons (Fsp3) is 0.182. The van der Waals surface area contributed by atoms with E-state index in [1.807, 2.05) is 30.3 Å². The van der Waals surface area contributed by atoms with Gasteiger partial charge in [0.25, 0.3) is 0 Å². The molecule has 0 spiro atoms. The number of carbonyl (C=O) groups excluding carboxylic acids is 1. The lowest BCUT2D eigenvalue weighted by atomic mass is 10.2. The topological polar surface area (TPSA) is 26.3 Å². The Kier molecular flexibility index (Phi) is 4.43. The molecule has 0 saturated carbocycles. The first-order valence-corrected chi connectivity index (χ1v) is 4.83. The lowest BCUT2D eigenvalue weighted by Crippen LogP contribution is -2.24. The highest BCUT2D eigenvalue weighted by Crippen LogP contribution is 2.20. The molecule has 0 radical (unpaired) electrons. The average molecular weight is 247 g/mol. The number of hydrogen-bond acceptors (Lipinski definition) is 2. The summed E-state index contributed by atoms with van der Waals surface area (Å²) in [5.41, 5.74) is 0.885. The van der Waals surface area contributed by atoms with E-state index in [1.54, 1.807) is 6.08 Å². The van der Waals surface area contributed by atoms with Crippen molar-refractivity contribution < 1.29 is 18.3 Å². The molecule has 16 heavy (non-hydrogen) atoms. The number of alkyl halides is 3. The van der Waals surface area contributed by atoms with Crippen molar-refractivity contribution in [3.05, 3.63) is 42.0 Å². The molecule has 0 aromatic heterocycles. The lowest BCUT2D eigenvalue weighted by Gasteiger charge is -2.05. The number of benzene rings is 1. The zero-order valence-electron chi connectivity index (χ0n) is 8.20. The molecule has 5 heteroatoms. The van der Waals surface area contributed by atoms with Crippen molar-refractivity contribution in [1.82, 2.24) is 0 Å². The van der Waals surface area contributed by atoms with Crippen LogP contribution in [0.4, 0.5) is 8.78 Å². The molecule has 0 fully saturated rings. The molecule has 0 heterocycles. The van der Waals surface area contributed by atoms with Crippen molar-refractivity contribution in [3.8, 4) is 0 Å². The van der Waals surface area contributed by atoms with E-state index in [4.69, 9.17) is 0 Å². The first-order valence-electron chi connectivity index (χ1n) is 4.45. The Hall–Kier alpha value is -1.42. The van der Waals surface area contributed by atoms with Crippen molar-refractivity contribution in [2.45, 2.75) is 5.38 Å². The van der Waals surface area contributed by atoms with Gasteiger partial charge >= 0.3 is 11.4 Å². The van der Waals surface area contributed by atoms with Crippen molar-refractivity contribution in [2.75, 3.05) is 6.61 Å². The van der Waals surface area contributed by atoms with E-state index in [0.717, 1.165) is 5.56 Å². The van der Waals surface area contributed by atoms with Crippen LogP contribution in [-0.4, -0.2) is 18.0 Å². The molecule has 86 valence electrons. The van der Waals surface area contributed by atoms with Crippen LogP contribution in [0.15, 0.2) is 36.4 Å². The van der Waals surface area contributed by atoms with Gasteiger partial charge in [-0.05, 0) is 23.2 Å². The molecule has 0 aliphatic heterocycles. The van der Waals surface area contributed by atoms with Gasteiger partial charge in [0.15, 0.2) is 0 Å². The summed E-state index contributed by atoms with van der Waals surface area (Å²) >= 11 is 4.45. The molecular formula is C11H9ClF2O2. The molecule has 0 aliphatic carbocycles. The van der Waals surface area contributed by atoms with E-state index >= 15 is 0 Å². The summed E-state index contributed by atoms with van der Waals surface area (Å²) in [4.78, 5) is 10.5. The van der Waals surface area contributed by atoms with E-state index in [1.165, 1.54) is 6.08 Å². The van der Waals surface area contributed by atoms with Crippen molar-refractivity contribution in [3.63, 3.8) is 0 Å². The van der Waals surface area contributed by atoms with Gasteiger partial charge in [0.05, 0.1) is 0 Å². The molecule has 0 amide bonds. The number of halogens is 3. The number of esters is 1. The molecule has 1 rings (SSSR count). The average Bonchev–Trinajstić information content (AvgIpc) is 2.24. The quantitative estimate of drug-likeness (QED) is 0.603. The van der Waals surface area contributed by atoms with Crippen LogP contribution in [0.5, 0.6) is 0 Å². The van der Waals surface area contributed by atoms with E-state index < -0.39 is 11.4 Å². The fourth-order valence-corrected chi connectivity index (χ4v) is 1.01. The molecule has 1 aromatic rings. The van der Waals surface area contributed by atoms with Gasteiger partial charge < -0.3 is 4.74 Å². The molecule has 0 N–H and O–H groups in total. The second kappa shape index (κ2) is 5.61. The lowest BCUT2D eigenvalue weighted by molar-refractivity contribution is -0.159. The third-order valence-electron chi connectivity index (χ3n) is 1.65. The monoisotopic (exact) mass is 246 g/mol. The summed E-state index contributed by atoms with van der Waals surface area (Å²) in [6, 6.07) is 9.17. The summed E-state index contributed by atoms with van der Waals surface area (Å²) in [6.07, 6.45) is 3.11. The fourth-order valence-electron chi connectivity index (χ4n) is 0.954. The third kappa shape index (κ3) is 4.40. The van der Waals surface area contributed by atoms with Gasteiger partial charge in [-0.15, -0.1) is 0 Å². The Morgan fingerprint density at radius 2 is 2.00 bits per heavy atom. The zero-order chi connectivity index (χ0) is 12.0. The molecule has 0 saturated heterocycles. The van der Waals surface area contributed by atoms with Gasteiger partial charge in [0.2, 0.25) is 0 Å². The first-order chi connectivity index (χ1) is 7.50. The largest absolute Gasteiger partial charge is 0.456 e. The molecule has 2 nitrogen and oxygen atoms in total. The molecule has 0 unspecified atom stereocenters. The smallest absolute Gasteiger partial charge is 0.417 e. The van der Waals surface area contributed by atoms with Crippen molar-refractivity contribution in [1.29, 1.82) is 0 Å². The molecule has 0 bridgehead atoms. The second-order valence-electron chi connectivity index (χ2n) is 2.91. The minimum Gasteiger partial charge on any atom is -0.456 e. The molecular weight excluding hydrogens is 238 g/mol. The Labute approximate surface area is 96.5 Å². The van der Waals surface area contributed by atoms with E-state index in [9.17, 15) is 13.6 Å². The predicted octanol–water partition coefficient (Wildman–Crippen LogP) is 3.07. The standard InChI is InChI=1S/C11H9ClF2O2/c12-11(13,14)10(15)16-8-4-7-9-5-2-1-3-6-9/h1-7H,8H2/b7-4+.